The first-order valence-electron chi connectivity index (χ1n) is 54.1. The summed E-state index contributed by atoms with van der Waals surface area (Å²) in [6.45, 7) is 18.0. The second-order valence-corrected chi connectivity index (χ2v) is 35.4. The minimum Gasteiger partial charge on any atom is -0.359 e. The molecule has 16 nitrogen and oxygen atoms in total. The topological polar surface area (TPSA) is 233 Å². The zero-order valence-corrected chi connectivity index (χ0v) is 86.7. The van der Waals surface area contributed by atoms with E-state index in [9.17, 15) is 38.4 Å². The molecule has 0 aromatic carbocycles. The van der Waals surface area contributed by atoms with E-state index >= 15 is 0 Å². The van der Waals surface area contributed by atoms with Crippen molar-refractivity contribution in [3.63, 3.8) is 0 Å². The van der Waals surface area contributed by atoms with E-state index in [0.717, 1.165) is 51.4 Å². The third kappa shape index (κ3) is 149. The van der Waals surface area contributed by atoms with Crippen LogP contribution in [0.5, 0.6) is 0 Å². The summed E-state index contributed by atoms with van der Waals surface area (Å²) in [5.74, 6) is 1.43. The third-order valence-corrected chi connectivity index (χ3v) is 23.3. The van der Waals surface area contributed by atoms with Gasteiger partial charge in [-0.15, -0.1) is 0 Å². The van der Waals surface area contributed by atoms with Crippen LogP contribution in [0.2, 0.25) is 0 Å². The Kier molecular flexibility index (Phi) is 144. The number of hydrogen-bond donors (Lipinski definition) is 8. The summed E-state index contributed by atoms with van der Waals surface area (Å²) in [6, 6.07) is 0. The van der Waals surface area contributed by atoms with Crippen molar-refractivity contribution in [3.8, 4) is 0 Å². The second kappa shape index (κ2) is 132. The molecule has 0 bridgehead atoms. The molecule has 16 heteroatoms. The number of rotatable bonds is 84. The standard InChI is InChI=1S/C17H35NO.C16H33NO.C15H31NO.C14H29NO.C13H27NO.C12H25NO.C11H23NO.C10H21NO/c1-3-4-5-6-7-8-9-10-11-12-13-14-15-16-17(19)18-2;1-3-4-5-6-7-8-9-10-11-12-13-14-15-16(18)17-2;1-3-4-5-6-7-8-9-10-11-12-13-14-15(17)16-2;1-3-4-5-6-7-8-9-10-11-12-13-14(16)15-2;1-3-4-5-6-7-8-9-10-11-12-13(15)14-2;1-3-4-5-6-7-8-9-10-11-12(14)13-2;1-3-4-5-6-7-8-9-10-11(13)12-2;1-3-4-5-6-7-8-9-10(12)11-2/h3-16H2,1-2H3,(H,18,19);3-15H2,1-2H3,(H,17,18);3-14H2,1-2H3,(H,16,17);3-13H2,1-2H3,(H,15,16);3-12H2,1-2H3,(H,14,15);3-11H2,1-2H3,(H,13,14);3-10H2,1-2H3,(H,12,13);3-9H2,1-2H3,(H,11,12). The highest BCUT2D eigenvalue weighted by Gasteiger charge is 2.06. The summed E-state index contributed by atoms with van der Waals surface area (Å²) in [5, 5.41) is 21.2. The van der Waals surface area contributed by atoms with Crippen LogP contribution in [-0.2, 0) is 38.4 Å². The van der Waals surface area contributed by atoms with E-state index < -0.39 is 0 Å². The van der Waals surface area contributed by atoms with Gasteiger partial charge >= 0.3 is 0 Å². The predicted molar refractivity (Wildman–Crippen MR) is 546 cm³/mol. The van der Waals surface area contributed by atoms with E-state index in [2.05, 4.69) is 97.9 Å². The zero-order chi connectivity index (χ0) is 93.7. The largest absolute Gasteiger partial charge is 0.359 e. The lowest BCUT2D eigenvalue weighted by Crippen LogP contribution is -2.16. The van der Waals surface area contributed by atoms with Crippen LogP contribution in [0.25, 0.3) is 0 Å². The third-order valence-electron chi connectivity index (χ3n) is 23.3. The summed E-state index contributed by atoms with van der Waals surface area (Å²) >= 11 is 0. The van der Waals surface area contributed by atoms with Crippen molar-refractivity contribution in [1.82, 2.24) is 42.5 Å². The Hall–Kier alpha value is -4.24. The minimum absolute atomic E-state index is 0.172. The van der Waals surface area contributed by atoms with Crippen molar-refractivity contribution in [3.05, 3.63) is 0 Å². The van der Waals surface area contributed by atoms with Gasteiger partial charge in [-0.25, -0.2) is 0 Å². The van der Waals surface area contributed by atoms with Gasteiger partial charge in [0.05, 0.1) is 0 Å². The van der Waals surface area contributed by atoms with Crippen LogP contribution in [0, 0.1) is 0 Å². The molecule has 744 valence electrons. The molecule has 0 heterocycles. The number of hydrogen-bond acceptors (Lipinski definition) is 8. The highest BCUT2D eigenvalue weighted by Crippen LogP contribution is 2.19. The second-order valence-electron chi connectivity index (χ2n) is 35.4. The van der Waals surface area contributed by atoms with Gasteiger partial charge in [-0.1, -0.05) is 492 Å². The molecule has 0 aromatic heterocycles. The Morgan fingerprint density at radius 1 is 0.105 bits per heavy atom. The van der Waals surface area contributed by atoms with Crippen LogP contribution >= 0.6 is 0 Å². The molecule has 0 saturated carbocycles. The number of nitrogens with one attached hydrogen (secondary N) is 8. The minimum atomic E-state index is 0.172. The first kappa shape index (κ1) is 135. The first-order chi connectivity index (χ1) is 60.5. The Labute approximate surface area is 775 Å². The molecular formula is C108H224N8O8. The smallest absolute Gasteiger partial charge is 0.219 e. The average Bonchev–Trinajstić information content (AvgIpc) is 1.13. The highest BCUT2D eigenvalue weighted by atomic mass is 16.2. The van der Waals surface area contributed by atoms with Gasteiger partial charge in [-0.05, 0) is 51.4 Å². The summed E-state index contributed by atoms with van der Waals surface area (Å²) in [4.78, 5) is 87.3. The molecule has 0 rings (SSSR count). The van der Waals surface area contributed by atoms with Crippen molar-refractivity contribution >= 4 is 47.3 Å². The normalized spacial score (nSPS) is 10.3. The maximum atomic E-state index is 11.0. The van der Waals surface area contributed by atoms with Crippen LogP contribution in [0.3, 0.4) is 0 Å². The van der Waals surface area contributed by atoms with Crippen LogP contribution in [0.4, 0.5) is 0 Å². The van der Waals surface area contributed by atoms with Crippen molar-refractivity contribution in [2.75, 3.05) is 56.4 Å². The fourth-order valence-electron chi connectivity index (χ4n) is 14.5. The van der Waals surface area contributed by atoms with Gasteiger partial charge < -0.3 is 42.5 Å². The summed E-state index contributed by atoms with van der Waals surface area (Å²) in [6.07, 6.45) is 106. The molecule has 0 radical (unpaired) electrons. The molecule has 0 atom stereocenters. The van der Waals surface area contributed by atoms with Crippen molar-refractivity contribution in [2.45, 2.75) is 595 Å². The van der Waals surface area contributed by atoms with Gasteiger partial charge in [0.15, 0.2) is 0 Å². The number of carbonyl (C=O) groups excluding carboxylic acids is 8. The lowest BCUT2D eigenvalue weighted by Gasteiger charge is -2.03. The number of carbonyl (C=O) groups is 8. The van der Waals surface area contributed by atoms with Gasteiger partial charge in [-0.2, -0.15) is 0 Å². The molecule has 0 fully saturated rings. The van der Waals surface area contributed by atoms with E-state index in [1.54, 1.807) is 56.4 Å². The van der Waals surface area contributed by atoms with Crippen molar-refractivity contribution in [1.29, 1.82) is 0 Å². The van der Waals surface area contributed by atoms with Gasteiger partial charge in [0.1, 0.15) is 0 Å². The molecule has 0 aliphatic carbocycles. The van der Waals surface area contributed by atoms with Crippen LogP contribution in [0.1, 0.15) is 595 Å². The maximum absolute atomic E-state index is 11.0. The van der Waals surface area contributed by atoms with Gasteiger partial charge in [0.25, 0.3) is 0 Å². The average molecular weight is 1760 g/mol. The lowest BCUT2D eigenvalue weighted by atomic mass is 10.0. The molecule has 0 aromatic rings. The van der Waals surface area contributed by atoms with E-state index in [1.165, 1.54) is 437 Å². The van der Waals surface area contributed by atoms with E-state index in [0.29, 0.717) is 51.4 Å². The van der Waals surface area contributed by atoms with Crippen LogP contribution in [0.15, 0.2) is 0 Å². The Balaban J connectivity index is -0.000000207. The monoisotopic (exact) mass is 1760 g/mol. The van der Waals surface area contributed by atoms with Gasteiger partial charge in [0, 0.05) is 108 Å². The summed E-state index contributed by atoms with van der Waals surface area (Å²) in [7, 11) is 13.6. The fourth-order valence-corrected chi connectivity index (χ4v) is 14.5. The Morgan fingerprint density at radius 3 is 0.218 bits per heavy atom. The van der Waals surface area contributed by atoms with Crippen LogP contribution < -0.4 is 42.5 Å². The Bertz CT molecular complexity index is 2050. The first-order valence-corrected chi connectivity index (χ1v) is 54.1. The van der Waals surface area contributed by atoms with E-state index in [-0.39, 0.29) is 47.3 Å². The molecule has 0 aliphatic rings. The molecular weight excluding hydrogens is 1540 g/mol. The SMILES string of the molecule is CCCCCCCCC(=O)NC.CCCCCCCCCC(=O)NC.CCCCCCCCCCC(=O)NC.CCCCCCCCCCCC(=O)NC.CCCCCCCCCCCCC(=O)NC.CCCCCCCCCCCCCC(=O)NC.CCCCCCCCCCCCCCC(=O)NC.CCCCCCCCCCCCCCCC(=O)NC. The predicted octanol–water partition coefficient (Wildman–Crippen LogP) is 30.8. The van der Waals surface area contributed by atoms with Gasteiger partial charge in [-0.3, -0.25) is 38.4 Å². The van der Waals surface area contributed by atoms with E-state index in [4.69, 9.17) is 0 Å². The molecule has 8 N–H and O–H groups in total. The highest BCUT2D eigenvalue weighted by molar-refractivity contribution is 5.77. The van der Waals surface area contributed by atoms with Crippen molar-refractivity contribution in [2.24, 2.45) is 0 Å². The molecule has 0 spiro atoms. The fraction of sp³-hybridized carbons (Fsp3) is 0.926. The molecule has 124 heavy (non-hydrogen) atoms. The maximum Gasteiger partial charge on any atom is 0.219 e. The lowest BCUT2D eigenvalue weighted by molar-refractivity contribution is -0.121. The number of unbranched alkanes of at least 4 members (excludes halogenated alkanes) is 68. The zero-order valence-electron chi connectivity index (χ0n) is 86.7. The molecule has 0 saturated heterocycles. The van der Waals surface area contributed by atoms with Crippen LogP contribution in [-0.4, -0.2) is 104 Å². The quantitative estimate of drug-likeness (QED) is 0.0272. The molecule has 8 amide bonds. The summed E-state index contributed by atoms with van der Waals surface area (Å²) in [5.41, 5.74) is 0. The van der Waals surface area contributed by atoms with E-state index in [1.807, 2.05) is 0 Å². The number of amides is 8. The summed E-state index contributed by atoms with van der Waals surface area (Å²) < 4.78 is 0. The van der Waals surface area contributed by atoms with Crippen molar-refractivity contribution < 1.29 is 38.4 Å². The molecule has 0 aliphatic heterocycles. The Morgan fingerprint density at radius 2 is 0.161 bits per heavy atom. The van der Waals surface area contributed by atoms with Gasteiger partial charge in [0.2, 0.25) is 47.3 Å². The molecule has 0 unspecified atom stereocenters.